The number of rotatable bonds is 5. The molecule has 0 spiro atoms. The van der Waals surface area contributed by atoms with Crippen LogP contribution in [0.2, 0.25) is 0 Å². The summed E-state index contributed by atoms with van der Waals surface area (Å²) in [7, 11) is 0. The number of nitrogens with one attached hydrogen (secondary N) is 1. The highest BCUT2D eigenvalue weighted by molar-refractivity contribution is 5.82. The highest BCUT2D eigenvalue weighted by Crippen LogP contribution is 2.30. The molecule has 4 heteroatoms. The second-order valence-corrected chi connectivity index (χ2v) is 5.80. The fourth-order valence-corrected chi connectivity index (χ4v) is 2.43. The van der Waals surface area contributed by atoms with Crippen molar-refractivity contribution in [3.05, 3.63) is 0 Å². The van der Waals surface area contributed by atoms with Crippen molar-refractivity contribution in [2.24, 2.45) is 11.1 Å². The quantitative estimate of drug-likeness (QED) is 0.743. The Morgan fingerprint density at radius 1 is 1.47 bits per heavy atom. The molecule has 1 aliphatic heterocycles. The average molecular weight is 239 g/mol. The largest absolute Gasteiger partial charge is 0.352 e. The lowest BCUT2D eigenvalue weighted by Crippen LogP contribution is -2.48. The van der Waals surface area contributed by atoms with Gasteiger partial charge in [0.15, 0.2) is 0 Å². The minimum absolute atomic E-state index is 0.130. The van der Waals surface area contributed by atoms with Crippen LogP contribution in [0.15, 0.2) is 0 Å². The number of carbonyl (C=O) groups excluding carboxylic acids is 1. The van der Waals surface area contributed by atoms with E-state index in [4.69, 9.17) is 5.73 Å². The van der Waals surface area contributed by atoms with E-state index in [-0.39, 0.29) is 5.91 Å². The van der Waals surface area contributed by atoms with Crippen molar-refractivity contribution in [2.45, 2.75) is 51.6 Å². The maximum atomic E-state index is 12.2. The van der Waals surface area contributed by atoms with Crippen molar-refractivity contribution < 1.29 is 4.79 Å². The third kappa shape index (κ3) is 2.80. The summed E-state index contributed by atoms with van der Waals surface area (Å²) in [4.78, 5) is 14.7. The van der Waals surface area contributed by atoms with Crippen molar-refractivity contribution >= 4 is 5.91 Å². The molecule has 1 heterocycles. The van der Waals surface area contributed by atoms with Gasteiger partial charge in [-0.3, -0.25) is 9.69 Å². The summed E-state index contributed by atoms with van der Waals surface area (Å²) in [5.74, 6) is 0.130. The predicted octanol–water partition coefficient (Wildman–Crippen LogP) is 0.714. The van der Waals surface area contributed by atoms with Crippen molar-refractivity contribution in [2.75, 3.05) is 19.6 Å². The second-order valence-electron chi connectivity index (χ2n) is 5.80. The topological polar surface area (TPSA) is 58.4 Å². The smallest absolute Gasteiger partial charge is 0.227 e. The maximum Gasteiger partial charge on any atom is 0.227 e. The van der Waals surface area contributed by atoms with Crippen molar-refractivity contribution in [1.29, 1.82) is 0 Å². The standard InChI is InChI=1S/C13H25N3O/c1-3-13(2,9-14)12(17)15-10-6-7-16(8-10)11-4-5-11/h10-11H,3-9,14H2,1-2H3,(H,15,17). The number of carbonyl (C=O) groups is 1. The van der Waals surface area contributed by atoms with Gasteiger partial charge in [-0.25, -0.2) is 0 Å². The van der Waals surface area contributed by atoms with Crippen molar-refractivity contribution in [3.63, 3.8) is 0 Å². The first-order valence-corrected chi connectivity index (χ1v) is 6.84. The van der Waals surface area contributed by atoms with E-state index in [2.05, 4.69) is 10.2 Å². The predicted molar refractivity (Wildman–Crippen MR) is 68.6 cm³/mol. The van der Waals surface area contributed by atoms with Crippen LogP contribution in [0.4, 0.5) is 0 Å². The lowest BCUT2D eigenvalue weighted by atomic mass is 9.86. The Morgan fingerprint density at radius 2 is 2.18 bits per heavy atom. The van der Waals surface area contributed by atoms with Crippen LogP contribution in [-0.2, 0) is 4.79 Å². The first-order valence-electron chi connectivity index (χ1n) is 6.84. The molecule has 98 valence electrons. The van der Waals surface area contributed by atoms with Crippen LogP contribution in [0.1, 0.15) is 39.5 Å². The van der Waals surface area contributed by atoms with E-state index < -0.39 is 5.41 Å². The first kappa shape index (κ1) is 12.8. The van der Waals surface area contributed by atoms with Gasteiger partial charge in [0.25, 0.3) is 0 Å². The van der Waals surface area contributed by atoms with E-state index in [1.165, 1.54) is 12.8 Å². The van der Waals surface area contributed by atoms with Crippen LogP contribution >= 0.6 is 0 Å². The Labute approximate surface area is 104 Å². The first-order chi connectivity index (χ1) is 8.09. The van der Waals surface area contributed by atoms with Gasteiger partial charge in [-0.05, 0) is 32.6 Å². The third-order valence-corrected chi connectivity index (χ3v) is 4.40. The molecule has 2 unspecified atom stereocenters. The molecule has 3 N–H and O–H groups in total. The lowest BCUT2D eigenvalue weighted by Gasteiger charge is -2.27. The summed E-state index contributed by atoms with van der Waals surface area (Å²) in [6, 6.07) is 1.14. The summed E-state index contributed by atoms with van der Waals surface area (Å²) < 4.78 is 0. The van der Waals surface area contributed by atoms with E-state index >= 15 is 0 Å². The fourth-order valence-electron chi connectivity index (χ4n) is 2.43. The van der Waals surface area contributed by atoms with Crippen LogP contribution in [-0.4, -0.2) is 42.5 Å². The zero-order valence-electron chi connectivity index (χ0n) is 11.0. The van der Waals surface area contributed by atoms with Gasteiger partial charge in [0.1, 0.15) is 0 Å². The van der Waals surface area contributed by atoms with Gasteiger partial charge in [-0.2, -0.15) is 0 Å². The second kappa shape index (κ2) is 4.94. The molecule has 4 nitrogen and oxygen atoms in total. The van der Waals surface area contributed by atoms with Gasteiger partial charge in [0.2, 0.25) is 5.91 Å². The molecule has 1 amide bonds. The van der Waals surface area contributed by atoms with Crippen LogP contribution in [0.5, 0.6) is 0 Å². The van der Waals surface area contributed by atoms with Gasteiger partial charge in [-0.1, -0.05) is 6.92 Å². The monoisotopic (exact) mass is 239 g/mol. The molecule has 2 rings (SSSR count). The van der Waals surface area contributed by atoms with E-state index in [1.807, 2.05) is 13.8 Å². The third-order valence-electron chi connectivity index (χ3n) is 4.40. The maximum absolute atomic E-state index is 12.2. The normalized spacial score (nSPS) is 29.0. The molecule has 2 fully saturated rings. The summed E-state index contributed by atoms with van der Waals surface area (Å²) in [5.41, 5.74) is 5.31. The van der Waals surface area contributed by atoms with Crippen molar-refractivity contribution in [3.8, 4) is 0 Å². The number of nitrogens with two attached hydrogens (primary N) is 1. The zero-order chi connectivity index (χ0) is 12.5. The molecule has 2 aliphatic rings. The molecule has 0 aromatic carbocycles. The Kier molecular flexibility index (Phi) is 3.73. The van der Waals surface area contributed by atoms with E-state index in [0.29, 0.717) is 12.6 Å². The molecule has 1 saturated carbocycles. The Hall–Kier alpha value is -0.610. The summed E-state index contributed by atoms with van der Waals surface area (Å²) >= 11 is 0. The van der Waals surface area contributed by atoms with Crippen LogP contribution in [0.3, 0.4) is 0 Å². The average Bonchev–Trinajstić information content (AvgIpc) is 3.09. The Balaban J connectivity index is 1.82. The number of hydrogen-bond donors (Lipinski definition) is 2. The molecule has 2 atom stereocenters. The van der Waals surface area contributed by atoms with Gasteiger partial charge < -0.3 is 11.1 Å². The van der Waals surface area contributed by atoms with E-state index in [1.54, 1.807) is 0 Å². The summed E-state index contributed by atoms with van der Waals surface area (Å²) in [6.45, 7) is 6.57. The summed E-state index contributed by atoms with van der Waals surface area (Å²) in [6.07, 6.45) is 4.58. The van der Waals surface area contributed by atoms with Crippen LogP contribution in [0.25, 0.3) is 0 Å². The molecular formula is C13H25N3O. The Bertz CT molecular complexity index is 284. The molecule has 0 radical (unpaired) electrons. The zero-order valence-corrected chi connectivity index (χ0v) is 11.0. The number of likely N-dealkylation sites (tertiary alicyclic amines) is 1. The minimum Gasteiger partial charge on any atom is -0.352 e. The number of amides is 1. The molecule has 0 bridgehead atoms. The minimum atomic E-state index is -0.396. The molecule has 1 saturated heterocycles. The summed E-state index contributed by atoms with van der Waals surface area (Å²) in [5, 5.41) is 3.17. The van der Waals surface area contributed by atoms with Crippen LogP contribution < -0.4 is 11.1 Å². The van der Waals surface area contributed by atoms with Gasteiger partial charge in [-0.15, -0.1) is 0 Å². The molecule has 0 aromatic rings. The number of hydrogen-bond acceptors (Lipinski definition) is 3. The highest BCUT2D eigenvalue weighted by Gasteiger charge is 2.37. The van der Waals surface area contributed by atoms with Gasteiger partial charge in [0.05, 0.1) is 5.41 Å². The molecule has 17 heavy (non-hydrogen) atoms. The SMILES string of the molecule is CCC(C)(CN)C(=O)NC1CCN(C2CC2)C1. The molecular weight excluding hydrogens is 214 g/mol. The lowest BCUT2D eigenvalue weighted by molar-refractivity contribution is -0.130. The van der Waals surface area contributed by atoms with Gasteiger partial charge in [0, 0.05) is 31.7 Å². The van der Waals surface area contributed by atoms with Crippen LogP contribution in [0, 0.1) is 5.41 Å². The number of nitrogens with zero attached hydrogens (tertiary/aromatic N) is 1. The van der Waals surface area contributed by atoms with Crippen molar-refractivity contribution in [1.82, 2.24) is 10.2 Å². The highest BCUT2D eigenvalue weighted by atomic mass is 16.2. The fraction of sp³-hybridized carbons (Fsp3) is 0.923. The van der Waals surface area contributed by atoms with Gasteiger partial charge >= 0.3 is 0 Å². The Morgan fingerprint density at radius 3 is 2.71 bits per heavy atom. The van der Waals surface area contributed by atoms with E-state index in [0.717, 1.165) is 32.0 Å². The van der Waals surface area contributed by atoms with E-state index in [9.17, 15) is 4.79 Å². The molecule has 1 aliphatic carbocycles. The molecule has 0 aromatic heterocycles.